The van der Waals surface area contributed by atoms with Crippen molar-refractivity contribution in [1.29, 1.82) is 5.26 Å². The molecule has 3 heterocycles. The first-order chi connectivity index (χ1) is 15.1. The van der Waals surface area contributed by atoms with Crippen molar-refractivity contribution in [3.8, 4) is 23.3 Å². The molecule has 1 aromatic heterocycles. The van der Waals surface area contributed by atoms with Crippen LogP contribution < -0.4 is 14.2 Å². The topological polar surface area (TPSA) is 88.2 Å². The fraction of sp³-hybridized carbons (Fsp3) is 0.364. The molecule has 2 aliphatic rings. The average molecular weight is 442 g/mol. The Bertz CT molecular complexity index is 1040. The third-order valence-electron chi connectivity index (χ3n) is 5.42. The molecule has 1 unspecified atom stereocenters. The molecule has 31 heavy (non-hydrogen) atoms. The van der Waals surface area contributed by atoms with E-state index < -0.39 is 5.92 Å². The fourth-order valence-electron chi connectivity index (χ4n) is 3.92. The van der Waals surface area contributed by atoms with Crippen LogP contribution in [0, 0.1) is 11.3 Å². The van der Waals surface area contributed by atoms with Crippen molar-refractivity contribution in [3.63, 3.8) is 0 Å². The summed E-state index contributed by atoms with van der Waals surface area (Å²) in [6, 6.07) is 9.62. The van der Waals surface area contributed by atoms with Crippen molar-refractivity contribution >= 4 is 17.7 Å². The maximum atomic E-state index is 13.1. The van der Waals surface area contributed by atoms with Crippen LogP contribution in [0.4, 0.5) is 0 Å². The van der Waals surface area contributed by atoms with Gasteiger partial charge in [0.2, 0.25) is 5.91 Å². The lowest BCUT2D eigenvalue weighted by molar-refractivity contribution is -0.132. The van der Waals surface area contributed by atoms with Crippen LogP contribution in [0.25, 0.3) is 0 Å². The van der Waals surface area contributed by atoms with Gasteiger partial charge in [-0.25, -0.2) is 0 Å². The van der Waals surface area contributed by atoms with Crippen molar-refractivity contribution < 1.29 is 23.4 Å². The summed E-state index contributed by atoms with van der Waals surface area (Å²) < 4.78 is 21.8. The predicted molar refractivity (Wildman–Crippen MR) is 115 cm³/mol. The number of furan rings is 1. The smallest absolute Gasteiger partial charge is 0.229 e. The van der Waals surface area contributed by atoms with Gasteiger partial charge in [-0.15, -0.1) is 0 Å². The van der Waals surface area contributed by atoms with E-state index in [4.69, 9.17) is 18.6 Å². The minimum atomic E-state index is -0.414. The normalized spacial score (nSPS) is 19.1. The average Bonchev–Trinajstić information content (AvgIpc) is 3.31. The number of fused-ring (bicyclic) bond motifs is 1. The van der Waals surface area contributed by atoms with E-state index in [1.54, 1.807) is 44.6 Å². The van der Waals surface area contributed by atoms with Crippen molar-refractivity contribution in [2.45, 2.75) is 18.9 Å². The Labute approximate surface area is 184 Å². The Kier molecular flexibility index (Phi) is 6.11. The molecule has 162 valence electrons. The summed E-state index contributed by atoms with van der Waals surface area (Å²) in [6.45, 7) is 1.02. The van der Waals surface area contributed by atoms with Crippen LogP contribution in [0.3, 0.4) is 0 Å². The van der Waals surface area contributed by atoms with E-state index in [2.05, 4.69) is 11.0 Å². The number of hydrogen-bond acceptors (Lipinski definition) is 8. The quantitative estimate of drug-likeness (QED) is 0.673. The zero-order valence-corrected chi connectivity index (χ0v) is 18.4. The van der Waals surface area contributed by atoms with Gasteiger partial charge >= 0.3 is 0 Å². The van der Waals surface area contributed by atoms with Crippen LogP contribution in [0.2, 0.25) is 0 Å². The number of hydrogen-bond donors (Lipinski definition) is 0. The number of methoxy groups -OCH3 is 3. The standard InChI is InChI=1S/C22H23N3O5S/c1-27-18-9-20(29-3)19(28-2)7-16(18)15-8-21(26)25-12-24(11-14-5-4-6-30-14)13-31-22(25)17(15)10-23/h4-7,9,15H,8,11-13H2,1-3H3. The summed E-state index contributed by atoms with van der Waals surface area (Å²) in [5, 5.41) is 10.7. The number of nitrogens with zero attached hydrogens (tertiary/aromatic N) is 3. The van der Waals surface area contributed by atoms with E-state index in [0.29, 0.717) is 46.9 Å². The molecule has 0 saturated carbocycles. The van der Waals surface area contributed by atoms with E-state index in [0.717, 1.165) is 11.3 Å². The summed E-state index contributed by atoms with van der Waals surface area (Å²) in [4.78, 5) is 16.9. The predicted octanol–water partition coefficient (Wildman–Crippen LogP) is 3.52. The molecule has 1 atom stereocenters. The van der Waals surface area contributed by atoms with Gasteiger partial charge in [-0.1, -0.05) is 11.8 Å². The van der Waals surface area contributed by atoms with E-state index in [1.165, 1.54) is 11.8 Å². The SMILES string of the molecule is COc1cc(OC)c(C2CC(=O)N3CN(Cc4ccco4)CSC3=C2C#N)cc1OC. The zero-order valence-electron chi connectivity index (χ0n) is 17.6. The Morgan fingerprint density at radius 1 is 1.19 bits per heavy atom. The highest BCUT2D eigenvalue weighted by atomic mass is 32.2. The molecule has 1 fully saturated rings. The molecule has 1 aromatic carbocycles. The first-order valence-corrected chi connectivity index (χ1v) is 10.7. The zero-order chi connectivity index (χ0) is 22.0. The first-order valence-electron chi connectivity index (χ1n) is 9.71. The van der Waals surface area contributed by atoms with E-state index in [9.17, 15) is 10.1 Å². The van der Waals surface area contributed by atoms with Crippen molar-refractivity contribution in [2.24, 2.45) is 0 Å². The Balaban J connectivity index is 1.68. The molecule has 0 radical (unpaired) electrons. The summed E-state index contributed by atoms with van der Waals surface area (Å²) in [6.07, 6.45) is 1.81. The van der Waals surface area contributed by atoms with Crippen LogP contribution in [-0.2, 0) is 11.3 Å². The van der Waals surface area contributed by atoms with E-state index in [-0.39, 0.29) is 12.3 Å². The number of allylic oxidation sites excluding steroid dienone is 1. The lowest BCUT2D eigenvalue weighted by atomic mass is 9.85. The monoisotopic (exact) mass is 441 g/mol. The first kappa shape index (κ1) is 21.2. The maximum absolute atomic E-state index is 13.1. The van der Waals surface area contributed by atoms with Gasteiger partial charge in [-0.2, -0.15) is 5.26 Å². The van der Waals surface area contributed by atoms with Crippen molar-refractivity contribution in [3.05, 3.63) is 52.5 Å². The molecule has 4 rings (SSSR count). The Morgan fingerprint density at radius 3 is 2.58 bits per heavy atom. The molecule has 8 nitrogen and oxygen atoms in total. The summed E-state index contributed by atoms with van der Waals surface area (Å²) >= 11 is 1.49. The van der Waals surface area contributed by atoms with Crippen LogP contribution in [-0.4, -0.2) is 49.6 Å². The van der Waals surface area contributed by atoms with Gasteiger partial charge in [-0.05, 0) is 18.2 Å². The minimum absolute atomic E-state index is 0.0347. The van der Waals surface area contributed by atoms with Gasteiger partial charge in [-0.3, -0.25) is 14.6 Å². The number of rotatable bonds is 6. The number of ether oxygens (including phenoxy) is 3. The maximum Gasteiger partial charge on any atom is 0.229 e. The highest BCUT2D eigenvalue weighted by molar-refractivity contribution is 8.03. The molecule has 0 spiro atoms. The third-order valence-corrected chi connectivity index (χ3v) is 6.63. The van der Waals surface area contributed by atoms with Gasteiger partial charge in [0.15, 0.2) is 11.5 Å². The summed E-state index contributed by atoms with van der Waals surface area (Å²) in [5.74, 6) is 2.65. The molecular weight excluding hydrogens is 418 g/mol. The fourth-order valence-corrected chi connectivity index (χ4v) is 5.06. The summed E-state index contributed by atoms with van der Waals surface area (Å²) in [5.41, 5.74) is 1.29. The third kappa shape index (κ3) is 3.96. The second-order valence-corrected chi connectivity index (χ2v) is 8.11. The number of carbonyl (C=O) groups is 1. The van der Waals surface area contributed by atoms with Gasteiger partial charge in [0.25, 0.3) is 0 Å². The Hall–Kier alpha value is -3.09. The van der Waals surface area contributed by atoms with Gasteiger partial charge in [0, 0.05) is 24.0 Å². The van der Waals surface area contributed by atoms with Crippen LogP contribution in [0.5, 0.6) is 17.2 Å². The molecular formula is C22H23N3O5S. The van der Waals surface area contributed by atoms with Gasteiger partial charge in [0.05, 0.1) is 63.4 Å². The summed E-state index contributed by atoms with van der Waals surface area (Å²) in [7, 11) is 4.66. The molecule has 0 aliphatic carbocycles. The van der Waals surface area contributed by atoms with E-state index in [1.807, 2.05) is 12.1 Å². The lowest BCUT2D eigenvalue weighted by Crippen LogP contribution is -2.46. The minimum Gasteiger partial charge on any atom is -0.496 e. The van der Waals surface area contributed by atoms with Crippen molar-refractivity contribution in [2.75, 3.05) is 33.9 Å². The number of benzene rings is 1. The van der Waals surface area contributed by atoms with E-state index >= 15 is 0 Å². The number of nitriles is 1. The van der Waals surface area contributed by atoms with Gasteiger partial charge < -0.3 is 18.6 Å². The highest BCUT2D eigenvalue weighted by Gasteiger charge is 2.39. The second-order valence-electron chi connectivity index (χ2n) is 7.18. The largest absolute Gasteiger partial charge is 0.496 e. The molecule has 1 saturated heterocycles. The van der Waals surface area contributed by atoms with Crippen LogP contribution >= 0.6 is 11.8 Å². The van der Waals surface area contributed by atoms with Crippen LogP contribution in [0.1, 0.15) is 23.7 Å². The molecule has 9 heteroatoms. The lowest BCUT2D eigenvalue weighted by Gasteiger charge is -2.41. The van der Waals surface area contributed by atoms with Gasteiger partial charge in [0.1, 0.15) is 11.5 Å². The number of carbonyl (C=O) groups excluding carboxylic acids is 1. The molecule has 2 aromatic rings. The molecule has 2 aliphatic heterocycles. The van der Waals surface area contributed by atoms with Crippen LogP contribution in [0.15, 0.2) is 45.5 Å². The Morgan fingerprint density at radius 2 is 1.94 bits per heavy atom. The molecule has 1 amide bonds. The highest BCUT2D eigenvalue weighted by Crippen LogP contribution is 2.47. The number of amides is 1. The molecule has 0 N–H and O–H groups in total. The van der Waals surface area contributed by atoms with Crippen molar-refractivity contribution in [1.82, 2.24) is 9.80 Å². The second kappa shape index (κ2) is 8.96. The number of thioether (sulfide) groups is 1. The molecule has 0 bridgehead atoms.